The van der Waals surface area contributed by atoms with Crippen LogP contribution in [0.2, 0.25) is 0 Å². The van der Waals surface area contributed by atoms with Crippen LogP contribution < -0.4 is 0 Å². The van der Waals surface area contributed by atoms with E-state index in [1.807, 2.05) is 31.2 Å². The topological polar surface area (TPSA) is 73.7 Å². The predicted molar refractivity (Wildman–Crippen MR) is 92.7 cm³/mol. The van der Waals surface area contributed by atoms with E-state index < -0.39 is 11.5 Å². The Morgan fingerprint density at radius 1 is 1.38 bits per heavy atom. The van der Waals surface area contributed by atoms with Crippen LogP contribution in [0.15, 0.2) is 36.5 Å². The summed E-state index contributed by atoms with van der Waals surface area (Å²) in [6, 6.07) is 9.30. The van der Waals surface area contributed by atoms with Gasteiger partial charge in [-0.1, -0.05) is 31.5 Å². The molecule has 1 saturated heterocycles. The van der Waals surface area contributed by atoms with Crippen LogP contribution in [0.3, 0.4) is 0 Å². The second kappa shape index (κ2) is 6.87. The van der Waals surface area contributed by atoms with Crippen molar-refractivity contribution < 1.29 is 15.0 Å². The SMILES string of the molecule is CCC[C@]1(CO)CCN(C(=O)c2ccnc3ccccc23)C[C@H]1O. The highest BCUT2D eigenvalue weighted by Gasteiger charge is 2.42. The Kier molecular flexibility index (Phi) is 4.83. The molecule has 5 heteroatoms. The Morgan fingerprint density at radius 3 is 2.88 bits per heavy atom. The van der Waals surface area contributed by atoms with Crippen molar-refractivity contribution in [3.05, 3.63) is 42.1 Å². The summed E-state index contributed by atoms with van der Waals surface area (Å²) < 4.78 is 0. The van der Waals surface area contributed by atoms with Crippen LogP contribution in [-0.4, -0.2) is 51.8 Å². The van der Waals surface area contributed by atoms with Gasteiger partial charge in [0.25, 0.3) is 5.91 Å². The zero-order valence-electron chi connectivity index (χ0n) is 14.0. The Labute approximate surface area is 141 Å². The van der Waals surface area contributed by atoms with Gasteiger partial charge in [-0.2, -0.15) is 0 Å². The van der Waals surface area contributed by atoms with Crippen molar-refractivity contribution in [1.82, 2.24) is 9.88 Å². The van der Waals surface area contributed by atoms with Gasteiger partial charge in [0.2, 0.25) is 0 Å². The van der Waals surface area contributed by atoms with Gasteiger partial charge < -0.3 is 15.1 Å². The van der Waals surface area contributed by atoms with Crippen molar-refractivity contribution in [3.8, 4) is 0 Å². The molecular formula is C19H24N2O3. The van der Waals surface area contributed by atoms with E-state index in [4.69, 9.17) is 0 Å². The largest absolute Gasteiger partial charge is 0.396 e. The molecule has 0 spiro atoms. The number of hydrogen-bond donors (Lipinski definition) is 2. The van der Waals surface area contributed by atoms with Crippen molar-refractivity contribution in [2.45, 2.75) is 32.3 Å². The molecule has 2 heterocycles. The van der Waals surface area contributed by atoms with Gasteiger partial charge in [0.15, 0.2) is 0 Å². The van der Waals surface area contributed by atoms with Gasteiger partial charge in [-0.05, 0) is 25.0 Å². The first-order valence-corrected chi connectivity index (χ1v) is 8.53. The summed E-state index contributed by atoms with van der Waals surface area (Å²) in [6.07, 6.45) is 3.23. The van der Waals surface area contributed by atoms with Crippen LogP contribution in [0.4, 0.5) is 0 Å². The first kappa shape index (κ1) is 16.9. The van der Waals surface area contributed by atoms with Crippen molar-refractivity contribution in [2.24, 2.45) is 5.41 Å². The van der Waals surface area contributed by atoms with Crippen molar-refractivity contribution in [3.63, 3.8) is 0 Å². The zero-order valence-corrected chi connectivity index (χ0v) is 14.0. The highest BCUT2D eigenvalue weighted by atomic mass is 16.3. The van der Waals surface area contributed by atoms with E-state index in [0.29, 0.717) is 18.5 Å². The average molecular weight is 328 g/mol. The van der Waals surface area contributed by atoms with Gasteiger partial charge in [-0.3, -0.25) is 9.78 Å². The Hall–Kier alpha value is -1.98. The lowest BCUT2D eigenvalue weighted by Crippen LogP contribution is -2.54. The maximum atomic E-state index is 12.9. The van der Waals surface area contributed by atoms with Gasteiger partial charge in [0, 0.05) is 30.1 Å². The molecule has 0 aliphatic carbocycles. The average Bonchev–Trinajstić information content (AvgIpc) is 2.62. The standard InChI is InChI=1S/C19H24N2O3/c1-2-8-19(13-22)9-11-21(12-17(19)23)18(24)15-7-10-20-16-6-4-3-5-14(15)16/h3-7,10,17,22-23H,2,8-9,11-13H2,1H3/t17-,19-/m1/s1. The van der Waals surface area contributed by atoms with Gasteiger partial charge in [0.1, 0.15) is 0 Å². The lowest BCUT2D eigenvalue weighted by atomic mass is 9.73. The molecule has 1 aromatic heterocycles. The second-order valence-corrected chi connectivity index (χ2v) is 6.66. The number of pyridine rings is 1. The minimum Gasteiger partial charge on any atom is -0.396 e. The summed E-state index contributed by atoms with van der Waals surface area (Å²) in [5.41, 5.74) is 0.919. The van der Waals surface area contributed by atoms with Gasteiger partial charge >= 0.3 is 0 Å². The maximum absolute atomic E-state index is 12.9. The number of fused-ring (bicyclic) bond motifs is 1. The van der Waals surface area contributed by atoms with E-state index in [-0.39, 0.29) is 19.1 Å². The number of hydrogen-bond acceptors (Lipinski definition) is 4. The first-order chi connectivity index (χ1) is 11.6. The van der Waals surface area contributed by atoms with Crippen LogP contribution in [0.5, 0.6) is 0 Å². The maximum Gasteiger partial charge on any atom is 0.254 e. The van der Waals surface area contributed by atoms with Crippen LogP contribution in [0.25, 0.3) is 10.9 Å². The summed E-state index contributed by atoms with van der Waals surface area (Å²) in [4.78, 5) is 18.9. The van der Waals surface area contributed by atoms with Crippen molar-refractivity contribution >= 4 is 16.8 Å². The quantitative estimate of drug-likeness (QED) is 0.902. The lowest BCUT2D eigenvalue weighted by molar-refractivity contribution is -0.0713. The monoisotopic (exact) mass is 328 g/mol. The number of aliphatic hydroxyl groups excluding tert-OH is 2. The predicted octanol–water partition coefficient (Wildman–Crippen LogP) is 2.22. The van der Waals surface area contributed by atoms with E-state index in [2.05, 4.69) is 4.98 Å². The third-order valence-electron chi connectivity index (χ3n) is 5.21. The molecule has 0 radical (unpaired) electrons. The van der Waals surface area contributed by atoms with E-state index in [9.17, 15) is 15.0 Å². The fourth-order valence-electron chi connectivity index (χ4n) is 3.71. The highest BCUT2D eigenvalue weighted by molar-refractivity contribution is 6.06. The van der Waals surface area contributed by atoms with E-state index in [1.54, 1.807) is 17.2 Å². The van der Waals surface area contributed by atoms with E-state index in [1.165, 1.54) is 0 Å². The van der Waals surface area contributed by atoms with Crippen molar-refractivity contribution in [1.29, 1.82) is 0 Å². The number of rotatable bonds is 4. The molecule has 1 aliphatic rings. The number of aliphatic hydroxyl groups is 2. The summed E-state index contributed by atoms with van der Waals surface area (Å²) in [5, 5.41) is 21.1. The minimum absolute atomic E-state index is 0.0395. The fraction of sp³-hybridized carbons (Fsp3) is 0.474. The number of piperidine rings is 1. The van der Waals surface area contributed by atoms with Gasteiger partial charge in [-0.25, -0.2) is 0 Å². The number of benzene rings is 1. The number of β-amino-alcohol motifs (C(OH)–C–C–N with tert-alkyl or cyclic N) is 1. The Balaban J connectivity index is 1.84. The lowest BCUT2D eigenvalue weighted by Gasteiger charge is -2.44. The van der Waals surface area contributed by atoms with E-state index >= 15 is 0 Å². The number of aromatic nitrogens is 1. The van der Waals surface area contributed by atoms with E-state index in [0.717, 1.165) is 23.7 Å². The van der Waals surface area contributed by atoms with Crippen LogP contribution in [-0.2, 0) is 0 Å². The number of likely N-dealkylation sites (tertiary alicyclic amines) is 1. The number of nitrogens with zero attached hydrogens (tertiary/aromatic N) is 2. The Bertz CT molecular complexity index is 728. The van der Waals surface area contributed by atoms with Crippen molar-refractivity contribution in [2.75, 3.05) is 19.7 Å². The number of carbonyl (C=O) groups is 1. The molecule has 1 aliphatic heterocycles. The first-order valence-electron chi connectivity index (χ1n) is 8.53. The minimum atomic E-state index is -0.701. The third-order valence-corrected chi connectivity index (χ3v) is 5.21. The molecule has 0 unspecified atom stereocenters. The third kappa shape index (κ3) is 2.89. The molecule has 2 aromatic rings. The highest BCUT2D eigenvalue weighted by Crippen LogP contribution is 2.36. The van der Waals surface area contributed by atoms with Gasteiger partial charge in [0.05, 0.1) is 23.8 Å². The molecule has 5 nitrogen and oxygen atoms in total. The summed E-state index contributed by atoms with van der Waals surface area (Å²) in [6.45, 7) is 2.82. The molecule has 1 amide bonds. The normalized spacial score (nSPS) is 24.3. The summed E-state index contributed by atoms with van der Waals surface area (Å²) >= 11 is 0. The molecule has 24 heavy (non-hydrogen) atoms. The zero-order chi connectivity index (χ0) is 17.2. The fourth-order valence-corrected chi connectivity index (χ4v) is 3.71. The molecule has 1 aromatic carbocycles. The summed E-state index contributed by atoms with van der Waals surface area (Å²) in [7, 11) is 0. The second-order valence-electron chi connectivity index (χ2n) is 6.66. The Morgan fingerprint density at radius 2 is 2.17 bits per heavy atom. The molecule has 0 bridgehead atoms. The smallest absolute Gasteiger partial charge is 0.254 e. The molecule has 2 N–H and O–H groups in total. The molecule has 3 rings (SSSR count). The molecule has 1 fully saturated rings. The van der Waals surface area contributed by atoms with Gasteiger partial charge in [-0.15, -0.1) is 0 Å². The van der Waals surface area contributed by atoms with Crippen LogP contribution in [0, 0.1) is 5.41 Å². The number of para-hydroxylation sites is 1. The molecule has 2 atom stereocenters. The molecule has 0 saturated carbocycles. The molecule has 128 valence electrons. The number of carbonyl (C=O) groups excluding carboxylic acids is 1. The number of amides is 1. The molecular weight excluding hydrogens is 304 g/mol. The van der Waals surface area contributed by atoms with Crippen LogP contribution >= 0.6 is 0 Å². The summed E-state index contributed by atoms with van der Waals surface area (Å²) in [5.74, 6) is -0.0873. The van der Waals surface area contributed by atoms with Crippen LogP contribution in [0.1, 0.15) is 36.5 Å².